The van der Waals surface area contributed by atoms with Crippen LogP contribution in [0.5, 0.6) is 0 Å². The van der Waals surface area contributed by atoms with Crippen molar-refractivity contribution in [2.75, 3.05) is 19.8 Å². The lowest BCUT2D eigenvalue weighted by Gasteiger charge is -2.38. The van der Waals surface area contributed by atoms with Gasteiger partial charge in [-0.25, -0.2) is 4.98 Å². The van der Waals surface area contributed by atoms with Gasteiger partial charge in [0, 0.05) is 32.2 Å². The van der Waals surface area contributed by atoms with Gasteiger partial charge >= 0.3 is 0 Å². The van der Waals surface area contributed by atoms with Crippen LogP contribution in [0.1, 0.15) is 40.1 Å². The Morgan fingerprint density at radius 1 is 1.21 bits per heavy atom. The Morgan fingerprint density at radius 2 is 1.90 bits per heavy atom. The highest BCUT2D eigenvalue weighted by Crippen LogP contribution is 2.34. The first-order valence-electron chi connectivity index (χ1n) is 9.79. The number of aromatic nitrogens is 2. The maximum Gasteiger partial charge on any atom is 0.265 e. The van der Waals surface area contributed by atoms with Crippen molar-refractivity contribution in [1.29, 1.82) is 0 Å². The standard InChI is InChI=1S/C22H25N3O4/c1-14-4-6-16(7-5-14)22(8-10-28-11-9-22)12-23-19(26)17-15(2)29-20-18(17)21(27)25(3)13-24-20/h4-7,13H,8-12H2,1-3H3,(H,23,26). The highest BCUT2D eigenvalue weighted by Gasteiger charge is 2.35. The quantitative estimate of drug-likeness (QED) is 0.734. The van der Waals surface area contributed by atoms with Crippen LogP contribution < -0.4 is 10.9 Å². The molecule has 29 heavy (non-hydrogen) atoms. The molecule has 1 aliphatic rings. The van der Waals surface area contributed by atoms with Crippen molar-refractivity contribution in [3.63, 3.8) is 0 Å². The molecule has 1 aromatic carbocycles. The smallest absolute Gasteiger partial charge is 0.265 e. The number of ether oxygens (including phenoxy) is 1. The Bertz CT molecular complexity index is 1110. The van der Waals surface area contributed by atoms with Crippen LogP contribution in [0.25, 0.3) is 11.1 Å². The number of furan rings is 1. The van der Waals surface area contributed by atoms with Crippen molar-refractivity contribution in [1.82, 2.24) is 14.9 Å². The van der Waals surface area contributed by atoms with Crippen LogP contribution in [0.15, 0.2) is 39.8 Å². The molecule has 3 heterocycles. The predicted molar refractivity (Wildman–Crippen MR) is 109 cm³/mol. The first-order chi connectivity index (χ1) is 13.9. The van der Waals surface area contributed by atoms with Gasteiger partial charge in [0.25, 0.3) is 11.5 Å². The van der Waals surface area contributed by atoms with Crippen molar-refractivity contribution in [2.24, 2.45) is 7.05 Å². The normalized spacial score (nSPS) is 16.1. The molecule has 1 fully saturated rings. The zero-order chi connectivity index (χ0) is 20.6. The number of amides is 1. The minimum atomic E-state index is -0.315. The second-order valence-electron chi connectivity index (χ2n) is 7.82. The van der Waals surface area contributed by atoms with Gasteiger partial charge in [-0.2, -0.15) is 0 Å². The molecule has 7 nitrogen and oxygen atoms in total. The number of hydrogen-bond donors (Lipinski definition) is 1. The van der Waals surface area contributed by atoms with Crippen LogP contribution in [0.2, 0.25) is 0 Å². The summed E-state index contributed by atoms with van der Waals surface area (Å²) in [4.78, 5) is 29.8. The van der Waals surface area contributed by atoms with E-state index in [1.165, 1.54) is 22.0 Å². The molecular weight excluding hydrogens is 370 g/mol. The van der Waals surface area contributed by atoms with Crippen LogP contribution in [-0.2, 0) is 17.2 Å². The third-order valence-electron chi connectivity index (χ3n) is 5.88. The number of benzene rings is 1. The van der Waals surface area contributed by atoms with Gasteiger partial charge in [-0.1, -0.05) is 29.8 Å². The lowest BCUT2D eigenvalue weighted by molar-refractivity contribution is 0.0487. The summed E-state index contributed by atoms with van der Waals surface area (Å²) in [5.74, 6) is 0.0778. The largest absolute Gasteiger partial charge is 0.442 e. The molecule has 0 aliphatic carbocycles. The molecule has 152 valence electrons. The van der Waals surface area contributed by atoms with Gasteiger partial charge in [0.15, 0.2) is 0 Å². The number of hydrogen-bond acceptors (Lipinski definition) is 5. The molecule has 4 rings (SSSR count). The summed E-state index contributed by atoms with van der Waals surface area (Å²) >= 11 is 0. The first kappa shape index (κ1) is 19.4. The monoisotopic (exact) mass is 395 g/mol. The fourth-order valence-corrected chi connectivity index (χ4v) is 4.04. The second-order valence-corrected chi connectivity index (χ2v) is 7.82. The van der Waals surface area contributed by atoms with E-state index in [4.69, 9.17) is 9.15 Å². The van der Waals surface area contributed by atoms with E-state index in [1.54, 1.807) is 14.0 Å². The molecule has 0 unspecified atom stereocenters. The molecular formula is C22H25N3O4. The van der Waals surface area contributed by atoms with E-state index in [1.807, 2.05) is 0 Å². The van der Waals surface area contributed by atoms with Gasteiger partial charge in [0.2, 0.25) is 5.71 Å². The molecule has 7 heteroatoms. The fraction of sp³-hybridized carbons (Fsp3) is 0.409. The number of nitrogens with one attached hydrogen (secondary N) is 1. The van der Waals surface area contributed by atoms with Crippen LogP contribution >= 0.6 is 0 Å². The third kappa shape index (κ3) is 3.46. The predicted octanol–water partition coefficient (Wildman–Crippen LogP) is 2.62. The van der Waals surface area contributed by atoms with Gasteiger partial charge in [-0.3, -0.25) is 9.59 Å². The van der Waals surface area contributed by atoms with E-state index < -0.39 is 0 Å². The Labute approximate surface area is 168 Å². The van der Waals surface area contributed by atoms with Crippen molar-refractivity contribution in [2.45, 2.75) is 32.1 Å². The summed E-state index contributed by atoms with van der Waals surface area (Å²) in [6.45, 7) is 5.51. The molecule has 0 atom stereocenters. The summed E-state index contributed by atoms with van der Waals surface area (Å²) in [5, 5.41) is 3.28. The van der Waals surface area contributed by atoms with E-state index in [-0.39, 0.29) is 33.5 Å². The minimum Gasteiger partial charge on any atom is -0.442 e. The van der Waals surface area contributed by atoms with Crippen molar-refractivity contribution in [3.8, 4) is 0 Å². The zero-order valence-electron chi connectivity index (χ0n) is 16.9. The Balaban J connectivity index is 1.65. The van der Waals surface area contributed by atoms with Gasteiger partial charge in [0.05, 0.1) is 5.56 Å². The average molecular weight is 395 g/mol. The Morgan fingerprint density at radius 3 is 2.59 bits per heavy atom. The maximum atomic E-state index is 13.1. The van der Waals surface area contributed by atoms with E-state index in [2.05, 4.69) is 41.5 Å². The highest BCUT2D eigenvalue weighted by molar-refractivity contribution is 6.06. The SMILES string of the molecule is Cc1ccc(C2(CNC(=O)c3c(C)oc4ncn(C)c(=O)c34)CCOCC2)cc1. The fourth-order valence-electron chi connectivity index (χ4n) is 4.04. The van der Waals surface area contributed by atoms with Crippen LogP contribution in [-0.4, -0.2) is 35.2 Å². The summed E-state index contributed by atoms with van der Waals surface area (Å²) in [7, 11) is 1.60. The molecule has 1 saturated heterocycles. The molecule has 0 radical (unpaired) electrons. The summed E-state index contributed by atoms with van der Waals surface area (Å²) in [5.41, 5.74) is 2.35. The number of carbonyl (C=O) groups is 1. The second kappa shape index (κ2) is 7.48. The van der Waals surface area contributed by atoms with Crippen LogP contribution in [0, 0.1) is 13.8 Å². The topological polar surface area (TPSA) is 86.4 Å². The summed E-state index contributed by atoms with van der Waals surface area (Å²) in [6, 6.07) is 8.45. The molecule has 1 aliphatic heterocycles. The Hall–Kier alpha value is -2.93. The van der Waals surface area contributed by atoms with Crippen molar-refractivity contribution >= 4 is 17.0 Å². The highest BCUT2D eigenvalue weighted by atomic mass is 16.5. The third-order valence-corrected chi connectivity index (χ3v) is 5.88. The Kier molecular flexibility index (Phi) is 5.00. The van der Waals surface area contributed by atoms with E-state index in [0.717, 1.165) is 12.8 Å². The average Bonchev–Trinajstić information content (AvgIpc) is 3.07. The number of nitrogens with zero attached hydrogens (tertiary/aromatic N) is 2. The number of carbonyl (C=O) groups excluding carboxylic acids is 1. The van der Waals surface area contributed by atoms with Gasteiger partial charge in [0.1, 0.15) is 17.5 Å². The molecule has 3 aromatic rings. The first-order valence-corrected chi connectivity index (χ1v) is 9.79. The molecule has 0 bridgehead atoms. The molecule has 0 spiro atoms. The van der Waals surface area contributed by atoms with Gasteiger partial charge < -0.3 is 19.0 Å². The maximum absolute atomic E-state index is 13.1. The van der Waals surface area contributed by atoms with Gasteiger partial charge in [-0.05, 0) is 32.3 Å². The number of rotatable bonds is 4. The minimum absolute atomic E-state index is 0.190. The molecule has 1 amide bonds. The van der Waals surface area contributed by atoms with Crippen LogP contribution in [0.4, 0.5) is 0 Å². The van der Waals surface area contributed by atoms with Crippen molar-refractivity contribution < 1.29 is 13.9 Å². The van der Waals surface area contributed by atoms with E-state index in [0.29, 0.717) is 25.5 Å². The van der Waals surface area contributed by atoms with E-state index in [9.17, 15) is 9.59 Å². The lowest BCUT2D eigenvalue weighted by atomic mass is 9.74. The summed E-state index contributed by atoms with van der Waals surface area (Å²) < 4.78 is 12.5. The van der Waals surface area contributed by atoms with Crippen molar-refractivity contribution in [3.05, 3.63) is 63.4 Å². The zero-order valence-corrected chi connectivity index (χ0v) is 16.9. The molecule has 2 aromatic heterocycles. The number of aryl methyl sites for hydroxylation is 3. The van der Waals surface area contributed by atoms with Gasteiger partial charge in [-0.15, -0.1) is 0 Å². The van der Waals surface area contributed by atoms with Crippen LogP contribution in [0.3, 0.4) is 0 Å². The number of fused-ring (bicyclic) bond motifs is 1. The van der Waals surface area contributed by atoms with E-state index >= 15 is 0 Å². The molecule has 0 saturated carbocycles. The lowest BCUT2D eigenvalue weighted by Crippen LogP contribution is -2.44. The summed E-state index contributed by atoms with van der Waals surface area (Å²) in [6.07, 6.45) is 3.04. The molecule has 1 N–H and O–H groups in total.